The topological polar surface area (TPSA) is 34.2 Å². The van der Waals surface area contributed by atoms with Gasteiger partial charge >= 0.3 is 0 Å². The minimum absolute atomic E-state index is 0.106. The van der Waals surface area contributed by atoms with Gasteiger partial charge in [0.15, 0.2) is 0 Å². The molecule has 3 nitrogen and oxygen atoms in total. The Bertz CT molecular complexity index is 741. The van der Waals surface area contributed by atoms with Crippen LogP contribution in [0.4, 0.5) is 0 Å². The van der Waals surface area contributed by atoms with Crippen molar-refractivity contribution in [2.75, 3.05) is 14.2 Å². The molecule has 0 saturated carbocycles. The zero-order valence-corrected chi connectivity index (χ0v) is 12.2. The minimum Gasteiger partial charge on any atom is -0.496 e. The normalized spacial score (nSPS) is 12.3. The maximum atomic E-state index is 5.47. The second kappa shape index (κ2) is 5.94. The summed E-state index contributed by atoms with van der Waals surface area (Å²) in [5, 5.41) is 5.70. The van der Waals surface area contributed by atoms with Crippen LogP contribution < -0.4 is 10.1 Å². The fourth-order valence-corrected chi connectivity index (χ4v) is 2.77. The average Bonchev–Trinajstić information content (AvgIpc) is 2.56. The Morgan fingerprint density at radius 2 is 1.81 bits per heavy atom. The van der Waals surface area contributed by atoms with Gasteiger partial charge in [-0.15, -0.1) is 0 Å². The average molecular weight is 278 g/mol. The number of fused-ring (bicyclic) bond motifs is 1. The number of rotatable bonds is 4. The number of hydrogen-bond donors (Lipinski definition) is 1. The van der Waals surface area contributed by atoms with E-state index in [9.17, 15) is 0 Å². The summed E-state index contributed by atoms with van der Waals surface area (Å²) in [6, 6.07) is 16.6. The molecule has 1 aromatic heterocycles. The number of pyridine rings is 1. The van der Waals surface area contributed by atoms with Crippen molar-refractivity contribution in [3.63, 3.8) is 0 Å². The van der Waals surface area contributed by atoms with E-state index >= 15 is 0 Å². The summed E-state index contributed by atoms with van der Waals surface area (Å²) in [6.07, 6.45) is 3.70. The highest BCUT2D eigenvalue weighted by Crippen LogP contribution is 2.33. The minimum atomic E-state index is 0.106. The van der Waals surface area contributed by atoms with E-state index in [0.717, 1.165) is 16.7 Å². The molecule has 0 aliphatic carbocycles. The number of nitrogens with zero attached hydrogens (tertiary/aromatic N) is 1. The van der Waals surface area contributed by atoms with Gasteiger partial charge in [-0.2, -0.15) is 0 Å². The van der Waals surface area contributed by atoms with E-state index in [2.05, 4.69) is 40.6 Å². The standard InChI is InChI=1S/C18H18N2O/c1-19-18(13-6-5-11-20-12-13)16-9-10-17(21-2)15-8-4-3-7-14(15)16/h3-12,18-19H,1-2H3. The Morgan fingerprint density at radius 1 is 1.00 bits per heavy atom. The molecule has 0 bridgehead atoms. The van der Waals surface area contributed by atoms with Crippen LogP contribution in [0.3, 0.4) is 0 Å². The zero-order chi connectivity index (χ0) is 14.7. The lowest BCUT2D eigenvalue weighted by atomic mass is 9.94. The Labute approximate surface area is 124 Å². The van der Waals surface area contributed by atoms with E-state index < -0.39 is 0 Å². The van der Waals surface area contributed by atoms with E-state index in [1.807, 2.05) is 31.4 Å². The van der Waals surface area contributed by atoms with Gasteiger partial charge in [0.2, 0.25) is 0 Å². The monoisotopic (exact) mass is 278 g/mol. The molecule has 0 saturated heterocycles. The van der Waals surface area contributed by atoms with Crippen molar-refractivity contribution in [1.29, 1.82) is 0 Å². The van der Waals surface area contributed by atoms with Gasteiger partial charge in [0.25, 0.3) is 0 Å². The van der Waals surface area contributed by atoms with Crippen molar-refractivity contribution >= 4 is 10.8 Å². The summed E-state index contributed by atoms with van der Waals surface area (Å²) in [6.45, 7) is 0. The predicted molar refractivity (Wildman–Crippen MR) is 85.6 cm³/mol. The van der Waals surface area contributed by atoms with Crippen molar-refractivity contribution in [3.8, 4) is 5.75 Å². The highest BCUT2D eigenvalue weighted by Gasteiger charge is 2.16. The van der Waals surface area contributed by atoms with Crippen LogP contribution >= 0.6 is 0 Å². The molecule has 3 aromatic rings. The van der Waals surface area contributed by atoms with Crippen LogP contribution in [0.5, 0.6) is 5.75 Å². The van der Waals surface area contributed by atoms with Crippen molar-refractivity contribution in [2.24, 2.45) is 0 Å². The largest absolute Gasteiger partial charge is 0.496 e. The highest BCUT2D eigenvalue weighted by molar-refractivity contribution is 5.91. The van der Waals surface area contributed by atoms with Gasteiger partial charge in [-0.1, -0.05) is 36.4 Å². The van der Waals surface area contributed by atoms with Crippen LogP contribution in [-0.2, 0) is 0 Å². The summed E-state index contributed by atoms with van der Waals surface area (Å²) in [5.74, 6) is 0.899. The van der Waals surface area contributed by atoms with Gasteiger partial charge in [-0.25, -0.2) is 0 Å². The summed E-state index contributed by atoms with van der Waals surface area (Å²) in [7, 11) is 3.68. The smallest absolute Gasteiger partial charge is 0.126 e. The Kier molecular flexibility index (Phi) is 3.84. The Morgan fingerprint density at radius 3 is 2.48 bits per heavy atom. The second-order valence-electron chi connectivity index (χ2n) is 4.91. The van der Waals surface area contributed by atoms with Crippen LogP contribution in [0.2, 0.25) is 0 Å². The predicted octanol–water partition coefficient (Wildman–Crippen LogP) is 3.55. The van der Waals surface area contributed by atoms with Gasteiger partial charge in [0, 0.05) is 17.8 Å². The van der Waals surface area contributed by atoms with E-state index in [1.54, 1.807) is 13.3 Å². The van der Waals surface area contributed by atoms with Gasteiger partial charge < -0.3 is 10.1 Å². The van der Waals surface area contributed by atoms with Crippen LogP contribution in [0.1, 0.15) is 17.2 Å². The van der Waals surface area contributed by atoms with Gasteiger partial charge in [-0.05, 0) is 35.7 Å². The van der Waals surface area contributed by atoms with Crippen molar-refractivity contribution in [2.45, 2.75) is 6.04 Å². The Balaban J connectivity index is 2.20. The van der Waals surface area contributed by atoms with Crippen LogP contribution in [0.15, 0.2) is 60.9 Å². The SMILES string of the molecule is CNC(c1cccnc1)c1ccc(OC)c2ccccc12. The van der Waals surface area contributed by atoms with E-state index in [4.69, 9.17) is 4.74 Å². The third-order valence-corrected chi connectivity index (χ3v) is 3.76. The van der Waals surface area contributed by atoms with E-state index in [0.29, 0.717) is 0 Å². The van der Waals surface area contributed by atoms with Crippen LogP contribution in [0.25, 0.3) is 10.8 Å². The maximum absolute atomic E-state index is 5.47. The molecule has 0 aliphatic heterocycles. The van der Waals surface area contributed by atoms with Crippen molar-refractivity contribution < 1.29 is 4.74 Å². The third kappa shape index (κ3) is 2.48. The highest BCUT2D eigenvalue weighted by atomic mass is 16.5. The number of hydrogen-bond acceptors (Lipinski definition) is 3. The molecule has 21 heavy (non-hydrogen) atoms. The first-order chi connectivity index (χ1) is 10.3. The number of aromatic nitrogens is 1. The van der Waals surface area contributed by atoms with Crippen LogP contribution in [0, 0.1) is 0 Å². The number of methoxy groups -OCH3 is 1. The summed E-state index contributed by atoms with van der Waals surface area (Å²) in [4.78, 5) is 4.23. The van der Waals surface area contributed by atoms with Gasteiger partial charge in [0.05, 0.1) is 13.2 Å². The zero-order valence-electron chi connectivity index (χ0n) is 12.2. The van der Waals surface area contributed by atoms with Crippen molar-refractivity contribution in [3.05, 3.63) is 72.1 Å². The summed E-state index contributed by atoms with van der Waals surface area (Å²) in [5.41, 5.74) is 2.37. The molecule has 0 amide bonds. The maximum Gasteiger partial charge on any atom is 0.126 e. The molecule has 0 spiro atoms. The molecule has 3 rings (SSSR count). The molecule has 1 unspecified atom stereocenters. The molecule has 2 aromatic carbocycles. The van der Waals surface area contributed by atoms with E-state index in [1.165, 1.54) is 10.9 Å². The first kappa shape index (κ1) is 13.6. The van der Waals surface area contributed by atoms with Gasteiger partial charge in [0.1, 0.15) is 5.75 Å². The molecule has 1 heterocycles. The summed E-state index contributed by atoms with van der Waals surface area (Å²) < 4.78 is 5.47. The lowest BCUT2D eigenvalue weighted by molar-refractivity contribution is 0.419. The molecule has 106 valence electrons. The molecule has 1 atom stereocenters. The van der Waals surface area contributed by atoms with Crippen LogP contribution in [-0.4, -0.2) is 19.1 Å². The molecule has 0 fully saturated rings. The summed E-state index contributed by atoms with van der Waals surface area (Å²) >= 11 is 0. The van der Waals surface area contributed by atoms with E-state index in [-0.39, 0.29) is 6.04 Å². The Hall–Kier alpha value is -2.39. The third-order valence-electron chi connectivity index (χ3n) is 3.76. The molecule has 0 radical (unpaired) electrons. The quantitative estimate of drug-likeness (QED) is 0.792. The lowest BCUT2D eigenvalue weighted by Crippen LogP contribution is -2.18. The first-order valence-corrected chi connectivity index (χ1v) is 6.98. The number of nitrogens with one attached hydrogen (secondary N) is 1. The molecular formula is C18H18N2O. The van der Waals surface area contributed by atoms with Gasteiger partial charge in [-0.3, -0.25) is 4.98 Å². The molecule has 3 heteroatoms. The fraction of sp³-hybridized carbons (Fsp3) is 0.167. The number of ether oxygens (including phenoxy) is 1. The van der Waals surface area contributed by atoms with Crippen molar-refractivity contribution in [1.82, 2.24) is 10.3 Å². The molecule has 0 aliphatic rings. The molecule has 1 N–H and O–H groups in total. The number of benzene rings is 2. The second-order valence-corrected chi connectivity index (χ2v) is 4.91. The first-order valence-electron chi connectivity index (χ1n) is 6.98. The fourth-order valence-electron chi connectivity index (χ4n) is 2.77. The lowest BCUT2D eigenvalue weighted by Gasteiger charge is -2.20. The molecular weight excluding hydrogens is 260 g/mol.